The molecule has 106 valence electrons. The van der Waals surface area contributed by atoms with Gasteiger partial charge in [-0.3, -0.25) is 4.98 Å². The van der Waals surface area contributed by atoms with Gasteiger partial charge in [0.2, 0.25) is 0 Å². The normalized spacial score (nSPS) is 10.8. The SMILES string of the molecule is CN(CCNc1ccccc1Cl)CCc1ccncc1. The predicted molar refractivity (Wildman–Crippen MR) is 85.4 cm³/mol. The van der Waals surface area contributed by atoms with Crippen LogP contribution in [0.2, 0.25) is 5.02 Å². The van der Waals surface area contributed by atoms with Gasteiger partial charge in [0.15, 0.2) is 0 Å². The molecule has 1 N–H and O–H groups in total. The summed E-state index contributed by atoms with van der Waals surface area (Å²) < 4.78 is 0. The second-order valence-electron chi connectivity index (χ2n) is 4.82. The first kappa shape index (κ1) is 14.8. The molecule has 0 spiro atoms. The van der Waals surface area contributed by atoms with E-state index in [0.29, 0.717) is 0 Å². The lowest BCUT2D eigenvalue weighted by Crippen LogP contribution is -2.27. The average molecular weight is 290 g/mol. The Kier molecular flexibility index (Phi) is 5.84. The minimum absolute atomic E-state index is 0.770. The van der Waals surface area contributed by atoms with E-state index in [0.717, 1.165) is 36.8 Å². The second kappa shape index (κ2) is 7.88. The van der Waals surface area contributed by atoms with Gasteiger partial charge >= 0.3 is 0 Å². The molecule has 0 aliphatic heterocycles. The van der Waals surface area contributed by atoms with Crippen molar-refractivity contribution >= 4 is 17.3 Å². The number of hydrogen-bond donors (Lipinski definition) is 1. The van der Waals surface area contributed by atoms with Crippen LogP contribution in [0.5, 0.6) is 0 Å². The van der Waals surface area contributed by atoms with Crippen molar-refractivity contribution in [3.05, 3.63) is 59.4 Å². The summed E-state index contributed by atoms with van der Waals surface area (Å²) in [6.07, 6.45) is 4.73. The fraction of sp³-hybridized carbons (Fsp3) is 0.312. The molecular formula is C16H20ClN3. The van der Waals surface area contributed by atoms with Crippen molar-refractivity contribution in [1.82, 2.24) is 9.88 Å². The molecule has 0 aliphatic rings. The van der Waals surface area contributed by atoms with Gasteiger partial charge < -0.3 is 10.2 Å². The summed E-state index contributed by atoms with van der Waals surface area (Å²) in [7, 11) is 2.13. The molecule has 0 bridgehead atoms. The molecule has 20 heavy (non-hydrogen) atoms. The zero-order valence-corrected chi connectivity index (χ0v) is 12.5. The summed E-state index contributed by atoms with van der Waals surface area (Å²) in [6, 6.07) is 12.0. The second-order valence-corrected chi connectivity index (χ2v) is 5.22. The van der Waals surface area contributed by atoms with Crippen molar-refractivity contribution in [2.75, 3.05) is 32.0 Å². The van der Waals surface area contributed by atoms with Crippen LogP contribution in [-0.4, -0.2) is 36.6 Å². The van der Waals surface area contributed by atoms with E-state index in [1.54, 1.807) is 0 Å². The quantitative estimate of drug-likeness (QED) is 0.847. The molecule has 0 aliphatic carbocycles. The highest BCUT2D eigenvalue weighted by molar-refractivity contribution is 6.33. The molecule has 0 radical (unpaired) electrons. The molecule has 0 atom stereocenters. The first-order valence-corrected chi connectivity index (χ1v) is 7.19. The van der Waals surface area contributed by atoms with Crippen LogP contribution < -0.4 is 5.32 Å². The third-order valence-corrected chi connectivity index (χ3v) is 3.54. The number of anilines is 1. The molecule has 1 aromatic heterocycles. The standard InChI is InChI=1S/C16H20ClN3/c1-20(12-8-14-6-9-18-10-7-14)13-11-19-16-5-3-2-4-15(16)17/h2-7,9-10,19H,8,11-13H2,1H3. The molecule has 0 amide bonds. The van der Waals surface area contributed by atoms with Crippen LogP contribution in [0.3, 0.4) is 0 Å². The Balaban J connectivity index is 1.68. The summed E-state index contributed by atoms with van der Waals surface area (Å²) in [5.41, 5.74) is 2.32. The van der Waals surface area contributed by atoms with Gasteiger partial charge in [-0.05, 0) is 43.3 Å². The minimum atomic E-state index is 0.770. The summed E-state index contributed by atoms with van der Waals surface area (Å²) in [5.74, 6) is 0. The fourth-order valence-corrected chi connectivity index (χ4v) is 2.17. The Bertz CT molecular complexity index is 516. The molecule has 4 heteroatoms. The fourth-order valence-electron chi connectivity index (χ4n) is 1.97. The van der Waals surface area contributed by atoms with E-state index >= 15 is 0 Å². The number of nitrogens with one attached hydrogen (secondary N) is 1. The number of nitrogens with zero attached hydrogens (tertiary/aromatic N) is 2. The van der Waals surface area contributed by atoms with Gasteiger partial charge in [-0.1, -0.05) is 23.7 Å². The summed E-state index contributed by atoms with van der Waals surface area (Å²) >= 11 is 6.10. The van der Waals surface area contributed by atoms with Crippen molar-refractivity contribution in [3.8, 4) is 0 Å². The number of rotatable bonds is 7. The Hall–Kier alpha value is -1.58. The highest BCUT2D eigenvalue weighted by atomic mass is 35.5. The number of likely N-dealkylation sites (N-methyl/N-ethyl adjacent to an activating group) is 1. The molecule has 0 unspecified atom stereocenters. The van der Waals surface area contributed by atoms with E-state index in [2.05, 4.69) is 34.4 Å². The third kappa shape index (κ3) is 4.83. The Morgan fingerprint density at radius 3 is 2.60 bits per heavy atom. The van der Waals surface area contributed by atoms with Gasteiger partial charge in [0.1, 0.15) is 0 Å². The molecule has 0 fully saturated rings. The Morgan fingerprint density at radius 1 is 1.10 bits per heavy atom. The van der Waals surface area contributed by atoms with Crippen molar-refractivity contribution in [3.63, 3.8) is 0 Å². The van der Waals surface area contributed by atoms with Crippen LogP contribution in [0, 0.1) is 0 Å². The molecule has 3 nitrogen and oxygen atoms in total. The lowest BCUT2D eigenvalue weighted by atomic mass is 10.2. The first-order valence-electron chi connectivity index (χ1n) is 6.81. The molecule has 0 saturated carbocycles. The van der Waals surface area contributed by atoms with Crippen LogP contribution in [-0.2, 0) is 6.42 Å². The number of benzene rings is 1. The van der Waals surface area contributed by atoms with Crippen LogP contribution in [0.25, 0.3) is 0 Å². The zero-order chi connectivity index (χ0) is 14.2. The monoisotopic (exact) mass is 289 g/mol. The van der Waals surface area contributed by atoms with Gasteiger partial charge in [0, 0.05) is 32.0 Å². The lowest BCUT2D eigenvalue weighted by Gasteiger charge is -2.17. The summed E-state index contributed by atoms with van der Waals surface area (Å²) in [6.45, 7) is 2.90. The smallest absolute Gasteiger partial charge is 0.0637 e. The van der Waals surface area contributed by atoms with Crippen molar-refractivity contribution < 1.29 is 0 Å². The van der Waals surface area contributed by atoms with E-state index in [1.807, 2.05) is 36.7 Å². The molecule has 0 saturated heterocycles. The molecular weight excluding hydrogens is 270 g/mol. The van der Waals surface area contributed by atoms with Gasteiger partial charge in [-0.2, -0.15) is 0 Å². The van der Waals surface area contributed by atoms with Crippen molar-refractivity contribution in [1.29, 1.82) is 0 Å². The topological polar surface area (TPSA) is 28.2 Å². The third-order valence-electron chi connectivity index (χ3n) is 3.21. The zero-order valence-electron chi connectivity index (χ0n) is 11.7. The predicted octanol–water partition coefficient (Wildman–Crippen LogP) is 3.32. The lowest BCUT2D eigenvalue weighted by molar-refractivity contribution is 0.351. The molecule has 1 heterocycles. The van der Waals surface area contributed by atoms with Crippen LogP contribution >= 0.6 is 11.6 Å². The van der Waals surface area contributed by atoms with Gasteiger partial charge in [-0.25, -0.2) is 0 Å². The Morgan fingerprint density at radius 2 is 1.85 bits per heavy atom. The maximum Gasteiger partial charge on any atom is 0.0637 e. The summed E-state index contributed by atoms with van der Waals surface area (Å²) in [4.78, 5) is 6.34. The number of aromatic nitrogens is 1. The van der Waals surface area contributed by atoms with Crippen LogP contribution in [0.15, 0.2) is 48.8 Å². The highest BCUT2D eigenvalue weighted by Crippen LogP contribution is 2.19. The molecule has 1 aromatic carbocycles. The maximum absolute atomic E-state index is 6.10. The number of para-hydroxylation sites is 1. The van der Waals surface area contributed by atoms with Crippen molar-refractivity contribution in [2.24, 2.45) is 0 Å². The van der Waals surface area contributed by atoms with Gasteiger partial charge in [-0.15, -0.1) is 0 Å². The van der Waals surface area contributed by atoms with Crippen molar-refractivity contribution in [2.45, 2.75) is 6.42 Å². The number of halogens is 1. The van der Waals surface area contributed by atoms with E-state index in [1.165, 1.54) is 5.56 Å². The van der Waals surface area contributed by atoms with Gasteiger partial charge in [0.25, 0.3) is 0 Å². The largest absolute Gasteiger partial charge is 0.383 e. The maximum atomic E-state index is 6.10. The van der Waals surface area contributed by atoms with E-state index in [4.69, 9.17) is 11.6 Å². The average Bonchev–Trinajstić information content (AvgIpc) is 2.48. The minimum Gasteiger partial charge on any atom is -0.383 e. The summed E-state index contributed by atoms with van der Waals surface area (Å²) in [5, 5.41) is 4.13. The van der Waals surface area contributed by atoms with Crippen LogP contribution in [0.4, 0.5) is 5.69 Å². The highest BCUT2D eigenvalue weighted by Gasteiger charge is 2.01. The Labute approximate surface area is 125 Å². The van der Waals surface area contributed by atoms with E-state index in [9.17, 15) is 0 Å². The molecule has 2 aromatic rings. The van der Waals surface area contributed by atoms with E-state index in [-0.39, 0.29) is 0 Å². The number of pyridine rings is 1. The first-order chi connectivity index (χ1) is 9.75. The molecule has 2 rings (SSSR count). The number of hydrogen-bond acceptors (Lipinski definition) is 3. The van der Waals surface area contributed by atoms with Crippen LogP contribution in [0.1, 0.15) is 5.56 Å². The van der Waals surface area contributed by atoms with E-state index < -0.39 is 0 Å². The van der Waals surface area contributed by atoms with Gasteiger partial charge in [0.05, 0.1) is 10.7 Å².